The van der Waals surface area contributed by atoms with Gasteiger partial charge in [0.15, 0.2) is 5.69 Å². The average molecular weight is 498 g/mol. The molecular formula is C29H39NO4S. The van der Waals surface area contributed by atoms with Gasteiger partial charge in [-0.15, -0.1) is 11.3 Å². The Morgan fingerprint density at radius 1 is 1.17 bits per heavy atom. The van der Waals surface area contributed by atoms with Gasteiger partial charge >= 0.3 is 5.97 Å². The number of ether oxygens (including phenoxy) is 2. The zero-order valence-corrected chi connectivity index (χ0v) is 22.1. The number of nitrogens with zero attached hydrogens (tertiary/aromatic N) is 1. The number of carbonyl (C=O) groups is 1. The molecule has 0 aliphatic heterocycles. The molecule has 35 heavy (non-hydrogen) atoms. The van der Waals surface area contributed by atoms with E-state index in [1.165, 1.54) is 30.4 Å². The van der Waals surface area contributed by atoms with E-state index in [0.717, 1.165) is 42.9 Å². The molecule has 0 spiro atoms. The summed E-state index contributed by atoms with van der Waals surface area (Å²) in [6, 6.07) is 6.62. The van der Waals surface area contributed by atoms with Crippen LogP contribution in [0.25, 0.3) is 0 Å². The summed E-state index contributed by atoms with van der Waals surface area (Å²) < 4.78 is 11.6. The van der Waals surface area contributed by atoms with Gasteiger partial charge in [-0.1, -0.05) is 19.4 Å². The molecule has 0 unspecified atom stereocenters. The predicted octanol–water partition coefficient (Wildman–Crippen LogP) is 6.50. The van der Waals surface area contributed by atoms with Crippen molar-refractivity contribution in [3.8, 4) is 5.75 Å². The topological polar surface area (TPSA) is 68.7 Å². The molecule has 0 bridgehead atoms. The number of fused-ring (bicyclic) bond motifs is 1. The fourth-order valence-corrected chi connectivity index (χ4v) is 7.41. The van der Waals surface area contributed by atoms with Crippen molar-refractivity contribution in [1.82, 2.24) is 4.98 Å². The van der Waals surface area contributed by atoms with Crippen LogP contribution in [0.2, 0.25) is 0 Å². The van der Waals surface area contributed by atoms with Crippen LogP contribution in [0.4, 0.5) is 0 Å². The summed E-state index contributed by atoms with van der Waals surface area (Å²) in [7, 11) is 0. The zero-order chi connectivity index (χ0) is 24.5. The van der Waals surface area contributed by atoms with Crippen LogP contribution in [0.15, 0.2) is 23.6 Å². The summed E-state index contributed by atoms with van der Waals surface area (Å²) in [5, 5.41) is 13.8. The molecule has 5 nitrogen and oxygen atoms in total. The lowest BCUT2D eigenvalue weighted by Crippen LogP contribution is -2.29. The molecule has 3 fully saturated rings. The number of hydrogen-bond acceptors (Lipinski definition) is 6. The standard InChI is InChI=1S/C29H39NO4S/c1-4-18-8-10-22(14-24(18)19-6-5-7-19)33-15-25-23-11-9-20(12-21(23)13-27(25)31)28-30-26(16-35-28)29(32)34-17(2)3/h8,10,14,16-17,19-21,23,25,27,31H,4-7,9,11-13,15H2,1-3H3/t20-,21-,23-,25+,27-/m0/s1. The third-order valence-corrected chi connectivity index (χ3v) is 9.55. The molecule has 2 aromatic rings. The fourth-order valence-electron chi connectivity index (χ4n) is 6.47. The second-order valence-electron chi connectivity index (χ2n) is 11.1. The molecular weight excluding hydrogens is 458 g/mol. The second-order valence-corrected chi connectivity index (χ2v) is 12.0. The molecule has 1 N–H and O–H groups in total. The van der Waals surface area contributed by atoms with Crippen molar-refractivity contribution >= 4 is 17.3 Å². The van der Waals surface area contributed by atoms with E-state index in [0.29, 0.717) is 36.0 Å². The van der Waals surface area contributed by atoms with E-state index in [-0.39, 0.29) is 24.1 Å². The molecule has 1 aromatic heterocycles. The summed E-state index contributed by atoms with van der Waals surface area (Å²) in [5.41, 5.74) is 3.35. The van der Waals surface area contributed by atoms with E-state index in [4.69, 9.17) is 9.47 Å². The molecule has 3 saturated carbocycles. The van der Waals surface area contributed by atoms with E-state index >= 15 is 0 Å². The minimum Gasteiger partial charge on any atom is -0.493 e. The number of carbonyl (C=O) groups excluding carboxylic acids is 1. The number of esters is 1. The van der Waals surface area contributed by atoms with E-state index in [2.05, 4.69) is 30.1 Å². The molecule has 3 aliphatic carbocycles. The Hall–Kier alpha value is -1.92. The van der Waals surface area contributed by atoms with Gasteiger partial charge in [0.2, 0.25) is 0 Å². The Balaban J connectivity index is 1.19. The maximum atomic E-state index is 12.2. The summed E-state index contributed by atoms with van der Waals surface area (Å²) in [6.45, 7) is 6.52. The highest BCUT2D eigenvalue weighted by molar-refractivity contribution is 7.09. The Kier molecular flexibility index (Phi) is 7.50. The number of aliphatic hydroxyl groups is 1. The van der Waals surface area contributed by atoms with Gasteiger partial charge in [0.1, 0.15) is 5.75 Å². The van der Waals surface area contributed by atoms with Crippen molar-refractivity contribution in [3.63, 3.8) is 0 Å². The normalized spacial score (nSPS) is 28.5. The minimum absolute atomic E-state index is 0.142. The Labute approximate surface area is 213 Å². The number of aliphatic hydroxyl groups excluding tert-OH is 1. The van der Waals surface area contributed by atoms with Crippen molar-refractivity contribution < 1.29 is 19.4 Å². The summed E-state index contributed by atoms with van der Waals surface area (Å²) in [5.74, 6) is 2.85. The van der Waals surface area contributed by atoms with E-state index in [1.807, 2.05) is 19.2 Å². The third-order valence-electron chi connectivity index (χ3n) is 8.54. The van der Waals surface area contributed by atoms with Crippen molar-refractivity contribution in [3.05, 3.63) is 45.4 Å². The van der Waals surface area contributed by atoms with Crippen LogP contribution < -0.4 is 4.74 Å². The van der Waals surface area contributed by atoms with Crippen LogP contribution in [-0.2, 0) is 11.2 Å². The van der Waals surface area contributed by atoms with Crippen LogP contribution in [-0.4, -0.2) is 34.9 Å². The SMILES string of the molecule is CCc1ccc(OC[C@@H]2[C@H]3CC[C@H](c4nc(C(=O)OC(C)C)cs4)C[C@H]3C[C@@H]2O)cc1C1CCC1. The smallest absolute Gasteiger partial charge is 0.358 e. The first-order valence-electron chi connectivity index (χ1n) is 13.5. The van der Waals surface area contributed by atoms with E-state index in [1.54, 1.807) is 11.3 Å². The number of benzene rings is 1. The lowest BCUT2D eigenvalue weighted by atomic mass is 9.73. The molecule has 3 aliphatic rings. The number of thiazole rings is 1. The molecule has 6 heteroatoms. The Morgan fingerprint density at radius 3 is 2.71 bits per heavy atom. The maximum Gasteiger partial charge on any atom is 0.358 e. The van der Waals surface area contributed by atoms with Crippen LogP contribution in [0, 0.1) is 17.8 Å². The van der Waals surface area contributed by atoms with E-state index < -0.39 is 0 Å². The van der Waals surface area contributed by atoms with Gasteiger partial charge < -0.3 is 14.6 Å². The highest BCUT2D eigenvalue weighted by atomic mass is 32.1. The van der Waals surface area contributed by atoms with Crippen LogP contribution in [0.3, 0.4) is 0 Å². The van der Waals surface area contributed by atoms with Gasteiger partial charge in [0.05, 0.1) is 23.8 Å². The highest BCUT2D eigenvalue weighted by Crippen LogP contribution is 2.51. The van der Waals surface area contributed by atoms with Gasteiger partial charge in [-0.05, 0) is 99.8 Å². The lowest BCUT2D eigenvalue weighted by molar-refractivity contribution is 0.0371. The Bertz CT molecular complexity index is 1030. The van der Waals surface area contributed by atoms with E-state index in [9.17, 15) is 9.90 Å². The quantitative estimate of drug-likeness (QED) is 0.422. The predicted molar refractivity (Wildman–Crippen MR) is 138 cm³/mol. The minimum atomic E-state index is -0.336. The number of aromatic nitrogens is 1. The van der Waals surface area contributed by atoms with Gasteiger partial charge in [-0.3, -0.25) is 0 Å². The number of rotatable bonds is 8. The first-order chi connectivity index (χ1) is 16.9. The molecule has 0 radical (unpaired) electrons. The van der Waals surface area contributed by atoms with Crippen LogP contribution >= 0.6 is 11.3 Å². The molecule has 0 amide bonds. The molecule has 1 heterocycles. The van der Waals surface area contributed by atoms with Crippen molar-refractivity contribution in [2.45, 2.75) is 96.2 Å². The maximum absolute atomic E-state index is 12.2. The number of hydrogen-bond donors (Lipinski definition) is 1. The van der Waals surface area contributed by atoms with Gasteiger partial charge in [-0.25, -0.2) is 9.78 Å². The number of aryl methyl sites for hydroxylation is 1. The molecule has 1 aromatic carbocycles. The second kappa shape index (κ2) is 10.6. The van der Waals surface area contributed by atoms with Crippen molar-refractivity contribution in [2.24, 2.45) is 17.8 Å². The van der Waals surface area contributed by atoms with Gasteiger partial charge in [0, 0.05) is 17.2 Å². The van der Waals surface area contributed by atoms with Crippen molar-refractivity contribution in [1.29, 1.82) is 0 Å². The molecule has 190 valence electrons. The summed E-state index contributed by atoms with van der Waals surface area (Å²) in [4.78, 5) is 16.8. The monoisotopic (exact) mass is 497 g/mol. The summed E-state index contributed by atoms with van der Waals surface area (Å²) >= 11 is 1.57. The van der Waals surface area contributed by atoms with Gasteiger partial charge in [-0.2, -0.15) is 0 Å². The van der Waals surface area contributed by atoms with Crippen LogP contribution in [0.5, 0.6) is 5.75 Å². The lowest BCUT2D eigenvalue weighted by Gasteiger charge is -2.33. The first kappa shape index (κ1) is 24.8. The molecule has 0 saturated heterocycles. The molecule has 5 rings (SSSR count). The largest absolute Gasteiger partial charge is 0.493 e. The fraction of sp³-hybridized carbons (Fsp3) is 0.655. The average Bonchev–Trinajstić information content (AvgIpc) is 3.40. The molecule has 5 atom stereocenters. The zero-order valence-electron chi connectivity index (χ0n) is 21.2. The summed E-state index contributed by atoms with van der Waals surface area (Å²) in [6.07, 6.45) is 8.53. The van der Waals surface area contributed by atoms with Crippen LogP contribution in [0.1, 0.15) is 104 Å². The highest BCUT2D eigenvalue weighted by Gasteiger charge is 2.46. The Morgan fingerprint density at radius 2 is 2.00 bits per heavy atom. The van der Waals surface area contributed by atoms with Crippen molar-refractivity contribution in [2.75, 3.05) is 6.61 Å². The third kappa shape index (κ3) is 5.29. The van der Waals surface area contributed by atoms with Gasteiger partial charge in [0.25, 0.3) is 0 Å². The first-order valence-corrected chi connectivity index (χ1v) is 14.4.